The molecule has 0 aliphatic carbocycles. The average molecular weight is 521 g/mol. The normalized spacial score (nSPS) is 11.3. The molecular formula is C24H21BrN6OS. The highest BCUT2D eigenvalue weighted by molar-refractivity contribution is 9.10. The second-order valence-corrected chi connectivity index (χ2v) is 9.88. The molecule has 0 atom stereocenters. The SMILES string of the molecule is CC(C)Cn1cnc2c(Oc3ccc(-c4cnc(Nc5cccc(Br)c5)s4)cc3)ncnc21. The predicted molar refractivity (Wildman–Crippen MR) is 135 cm³/mol. The van der Waals surface area contributed by atoms with Gasteiger partial charge in [0.15, 0.2) is 16.3 Å². The fourth-order valence-electron chi connectivity index (χ4n) is 3.41. The number of fused-ring (bicyclic) bond motifs is 1. The monoisotopic (exact) mass is 520 g/mol. The number of aromatic nitrogens is 5. The molecule has 166 valence electrons. The summed E-state index contributed by atoms with van der Waals surface area (Å²) in [5, 5.41) is 4.18. The van der Waals surface area contributed by atoms with Crippen LogP contribution in [0.3, 0.4) is 0 Å². The molecular weight excluding hydrogens is 500 g/mol. The van der Waals surface area contributed by atoms with E-state index in [1.165, 1.54) is 6.33 Å². The number of thiazole rings is 1. The molecule has 0 bridgehead atoms. The van der Waals surface area contributed by atoms with Crippen molar-refractivity contribution in [3.05, 3.63) is 71.9 Å². The molecule has 0 unspecified atom stereocenters. The highest BCUT2D eigenvalue weighted by Gasteiger charge is 2.13. The summed E-state index contributed by atoms with van der Waals surface area (Å²) in [6.45, 7) is 5.17. The summed E-state index contributed by atoms with van der Waals surface area (Å²) in [5.74, 6) is 1.63. The number of rotatable bonds is 7. The van der Waals surface area contributed by atoms with Crippen LogP contribution in [0.1, 0.15) is 13.8 Å². The van der Waals surface area contributed by atoms with Crippen LogP contribution in [0.2, 0.25) is 0 Å². The number of anilines is 2. The lowest BCUT2D eigenvalue weighted by molar-refractivity contribution is 0.467. The van der Waals surface area contributed by atoms with E-state index in [2.05, 4.69) is 55.0 Å². The number of benzene rings is 2. The minimum Gasteiger partial charge on any atom is -0.437 e. The molecule has 33 heavy (non-hydrogen) atoms. The van der Waals surface area contributed by atoms with Crippen LogP contribution in [0.15, 0.2) is 71.9 Å². The molecule has 0 saturated carbocycles. The molecule has 0 saturated heterocycles. The molecule has 2 aromatic carbocycles. The fraction of sp³-hybridized carbons (Fsp3) is 0.167. The van der Waals surface area contributed by atoms with Crippen molar-refractivity contribution >= 4 is 49.2 Å². The first kappa shape index (κ1) is 21.5. The van der Waals surface area contributed by atoms with Crippen molar-refractivity contribution in [2.75, 3.05) is 5.32 Å². The van der Waals surface area contributed by atoms with Crippen molar-refractivity contribution < 1.29 is 4.74 Å². The van der Waals surface area contributed by atoms with Gasteiger partial charge < -0.3 is 14.6 Å². The number of nitrogens with one attached hydrogen (secondary N) is 1. The van der Waals surface area contributed by atoms with Gasteiger partial charge in [0, 0.05) is 22.9 Å². The first-order chi connectivity index (χ1) is 16.0. The van der Waals surface area contributed by atoms with E-state index < -0.39 is 0 Å². The summed E-state index contributed by atoms with van der Waals surface area (Å²) < 4.78 is 9.09. The maximum atomic E-state index is 6.04. The molecule has 0 aliphatic rings. The summed E-state index contributed by atoms with van der Waals surface area (Å²) in [6, 6.07) is 15.9. The van der Waals surface area contributed by atoms with E-state index in [1.54, 1.807) is 17.7 Å². The van der Waals surface area contributed by atoms with Gasteiger partial charge in [0.2, 0.25) is 0 Å². The molecule has 5 aromatic rings. The Bertz CT molecular complexity index is 1400. The van der Waals surface area contributed by atoms with Crippen LogP contribution in [0, 0.1) is 5.92 Å². The number of hydrogen-bond donors (Lipinski definition) is 1. The Kier molecular flexibility index (Phi) is 6.06. The molecule has 5 rings (SSSR count). The largest absolute Gasteiger partial charge is 0.437 e. The van der Waals surface area contributed by atoms with E-state index in [-0.39, 0.29) is 0 Å². The van der Waals surface area contributed by atoms with E-state index in [1.807, 2.05) is 59.3 Å². The van der Waals surface area contributed by atoms with Gasteiger partial charge in [-0.3, -0.25) is 0 Å². The number of imidazole rings is 1. The van der Waals surface area contributed by atoms with Gasteiger partial charge in [-0.1, -0.05) is 47.2 Å². The van der Waals surface area contributed by atoms with Crippen LogP contribution in [-0.4, -0.2) is 24.5 Å². The second-order valence-electron chi connectivity index (χ2n) is 7.93. The van der Waals surface area contributed by atoms with Crippen molar-refractivity contribution in [3.8, 4) is 22.1 Å². The van der Waals surface area contributed by atoms with Gasteiger partial charge in [-0.2, -0.15) is 4.98 Å². The molecule has 0 spiro atoms. The van der Waals surface area contributed by atoms with Gasteiger partial charge in [0.1, 0.15) is 12.1 Å². The van der Waals surface area contributed by atoms with Gasteiger partial charge >= 0.3 is 0 Å². The van der Waals surface area contributed by atoms with Crippen molar-refractivity contribution in [2.45, 2.75) is 20.4 Å². The minimum atomic E-state index is 0.452. The number of halogens is 1. The number of hydrogen-bond acceptors (Lipinski definition) is 7. The van der Waals surface area contributed by atoms with Gasteiger partial charge in [-0.15, -0.1) is 0 Å². The zero-order valence-electron chi connectivity index (χ0n) is 18.1. The molecule has 7 nitrogen and oxygen atoms in total. The summed E-state index contributed by atoms with van der Waals surface area (Å²) in [6.07, 6.45) is 5.18. The summed E-state index contributed by atoms with van der Waals surface area (Å²) >= 11 is 5.08. The summed E-state index contributed by atoms with van der Waals surface area (Å²) in [7, 11) is 0. The Balaban J connectivity index is 1.32. The fourth-order valence-corrected chi connectivity index (χ4v) is 4.66. The molecule has 9 heteroatoms. The first-order valence-electron chi connectivity index (χ1n) is 10.5. The lowest BCUT2D eigenvalue weighted by Gasteiger charge is -2.08. The van der Waals surface area contributed by atoms with Gasteiger partial charge in [0.25, 0.3) is 5.88 Å². The van der Waals surface area contributed by atoms with Crippen LogP contribution in [-0.2, 0) is 6.54 Å². The Labute approximate surface area is 203 Å². The molecule has 3 heterocycles. The van der Waals surface area contributed by atoms with Crippen LogP contribution in [0.4, 0.5) is 10.8 Å². The third-order valence-electron chi connectivity index (χ3n) is 4.86. The average Bonchev–Trinajstić information content (AvgIpc) is 3.42. The van der Waals surface area contributed by atoms with E-state index in [9.17, 15) is 0 Å². The molecule has 0 aliphatic heterocycles. The predicted octanol–water partition coefficient (Wildman–Crippen LogP) is 6.90. The quantitative estimate of drug-likeness (QED) is 0.251. The topological polar surface area (TPSA) is 77.8 Å². The summed E-state index contributed by atoms with van der Waals surface area (Å²) in [5.41, 5.74) is 3.49. The molecule has 0 amide bonds. The molecule has 1 N–H and O–H groups in total. The van der Waals surface area contributed by atoms with Crippen molar-refractivity contribution in [1.29, 1.82) is 0 Å². The zero-order chi connectivity index (χ0) is 22.8. The third-order valence-corrected chi connectivity index (χ3v) is 6.32. The van der Waals surface area contributed by atoms with E-state index in [0.717, 1.165) is 37.9 Å². The van der Waals surface area contributed by atoms with E-state index in [0.29, 0.717) is 23.1 Å². The molecule has 0 radical (unpaired) electrons. The van der Waals surface area contributed by atoms with Crippen LogP contribution >= 0.6 is 27.3 Å². The highest BCUT2D eigenvalue weighted by atomic mass is 79.9. The molecule has 3 aromatic heterocycles. The highest BCUT2D eigenvalue weighted by Crippen LogP contribution is 2.33. The maximum Gasteiger partial charge on any atom is 0.250 e. The van der Waals surface area contributed by atoms with E-state index >= 15 is 0 Å². The minimum absolute atomic E-state index is 0.452. The zero-order valence-corrected chi connectivity index (χ0v) is 20.5. The lowest BCUT2D eigenvalue weighted by atomic mass is 10.2. The second kappa shape index (κ2) is 9.29. The van der Waals surface area contributed by atoms with Crippen LogP contribution in [0.25, 0.3) is 21.6 Å². The smallest absolute Gasteiger partial charge is 0.250 e. The van der Waals surface area contributed by atoms with Gasteiger partial charge in [-0.05, 0) is 53.9 Å². The van der Waals surface area contributed by atoms with Gasteiger partial charge in [-0.25, -0.2) is 15.0 Å². The number of ether oxygens (including phenoxy) is 1. The van der Waals surface area contributed by atoms with Gasteiger partial charge in [0.05, 0.1) is 11.2 Å². The van der Waals surface area contributed by atoms with Crippen LogP contribution < -0.4 is 10.1 Å². The standard InChI is InChI=1S/C24H21BrN6OS/c1-15(2)12-31-14-29-21-22(31)27-13-28-23(21)32-19-8-6-16(7-9-19)20-11-26-24(33-20)30-18-5-3-4-17(25)10-18/h3-11,13-15H,12H2,1-2H3,(H,26,30). The maximum absolute atomic E-state index is 6.04. The third kappa shape index (κ3) is 4.89. The lowest BCUT2D eigenvalue weighted by Crippen LogP contribution is -2.03. The Hall–Kier alpha value is -3.30. The van der Waals surface area contributed by atoms with Crippen molar-refractivity contribution in [1.82, 2.24) is 24.5 Å². The first-order valence-corrected chi connectivity index (χ1v) is 12.1. The Morgan fingerprint density at radius 1 is 1.06 bits per heavy atom. The number of nitrogens with zero attached hydrogens (tertiary/aromatic N) is 5. The Morgan fingerprint density at radius 3 is 2.70 bits per heavy atom. The van der Waals surface area contributed by atoms with Crippen molar-refractivity contribution in [3.63, 3.8) is 0 Å². The summed E-state index contributed by atoms with van der Waals surface area (Å²) in [4.78, 5) is 18.7. The van der Waals surface area contributed by atoms with Crippen LogP contribution in [0.5, 0.6) is 11.6 Å². The van der Waals surface area contributed by atoms with E-state index in [4.69, 9.17) is 4.74 Å². The molecule has 0 fully saturated rings. The Morgan fingerprint density at radius 2 is 1.91 bits per heavy atom. The van der Waals surface area contributed by atoms with Crippen molar-refractivity contribution in [2.24, 2.45) is 5.92 Å².